The standard InChI is InChI=1S/C18H29N5O2/c1-10(2)13(16-22-21-12-6-5-8-23(12)16)19-17(24)20-14-11-7-9-25-15(11)18(14,3)4/h10-11,13-15H,5-9H2,1-4H3,(H2,19,20,24)/t11-,13+,14-,15+/m1/s1. The molecule has 25 heavy (non-hydrogen) atoms. The Morgan fingerprint density at radius 3 is 2.92 bits per heavy atom. The third-order valence-electron chi connectivity index (χ3n) is 6.26. The van der Waals surface area contributed by atoms with E-state index in [0.29, 0.717) is 5.92 Å². The molecule has 2 amide bonds. The number of rotatable bonds is 4. The quantitative estimate of drug-likeness (QED) is 0.873. The summed E-state index contributed by atoms with van der Waals surface area (Å²) in [5.74, 6) is 2.61. The summed E-state index contributed by atoms with van der Waals surface area (Å²) in [6.45, 7) is 10.3. The van der Waals surface area contributed by atoms with Gasteiger partial charge in [0.05, 0.1) is 12.1 Å². The Morgan fingerprint density at radius 2 is 2.16 bits per heavy atom. The van der Waals surface area contributed by atoms with Crippen LogP contribution in [0, 0.1) is 17.3 Å². The predicted molar refractivity (Wildman–Crippen MR) is 93.0 cm³/mol. The fraction of sp³-hybridized carbons (Fsp3) is 0.833. The molecule has 1 aromatic rings. The number of ether oxygens (including phenoxy) is 1. The molecule has 0 radical (unpaired) electrons. The van der Waals surface area contributed by atoms with E-state index in [1.807, 2.05) is 0 Å². The first-order chi connectivity index (χ1) is 11.9. The third-order valence-corrected chi connectivity index (χ3v) is 6.26. The van der Waals surface area contributed by atoms with Crippen LogP contribution < -0.4 is 10.6 Å². The van der Waals surface area contributed by atoms with Crippen molar-refractivity contribution >= 4 is 6.03 Å². The van der Waals surface area contributed by atoms with Crippen LogP contribution in [0.3, 0.4) is 0 Å². The van der Waals surface area contributed by atoms with Crippen molar-refractivity contribution in [1.82, 2.24) is 25.4 Å². The van der Waals surface area contributed by atoms with Crippen molar-refractivity contribution in [3.05, 3.63) is 11.6 Å². The number of nitrogens with one attached hydrogen (secondary N) is 2. The maximum atomic E-state index is 12.7. The lowest BCUT2D eigenvalue weighted by Crippen LogP contribution is -2.67. The van der Waals surface area contributed by atoms with E-state index in [9.17, 15) is 4.79 Å². The minimum Gasteiger partial charge on any atom is -0.377 e. The van der Waals surface area contributed by atoms with Crippen LogP contribution in [0.1, 0.15) is 58.2 Å². The molecule has 7 heteroatoms. The number of fused-ring (bicyclic) bond motifs is 2. The van der Waals surface area contributed by atoms with Crippen LogP contribution in [0.4, 0.5) is 4.79 Å². The van der Waals surface area contributed by atoms with Crippen molar-refractivity contribution in [2.45, 2.75) is 71.7 Å². The summed E-state index contributed by atoms with van der Waals surface area (Å²) in [5.41, 5.74) is -0.0120. The zero-order valence-electron chi connectivity index (χ0n) is 15.6. The van der Waals surface area contributed by atoms with Gasteiger partial charge in [-0.25, -0.2) is 4.79 Å². The van der Waals surface area contributed by atoms with Gasteiger partial charge < -0.3 is 19.9 Å². The normalized spacial score (nSPS) is 30.5. The van der Waals surface area contributed by atoms with E-state index in [4.69, 9.17) is 4.74 Å². The number of carbonyl (C=O) groups excluding carboxylic acids is 1. The van der Waals surface area contributed by atoms with Crippen molar-refractivity contribution in [2.24, 2.45) is 17.3 Å². The van der Waals surface area contributed by atoms with Gasteiger partial charge in [-0.1, -0.05) is 27.7 Å². The van der Waals surface area contributed by atoms with Crippen LogP contribution in [0.2, 0.25) is 0 Å². The molecule has 2 N–H and O–H groups in total. The molecule has 138 valence electrons. The van der Waals surface area contributed by atoms with Gasteiger partial charge in [0.2, 0.25) is 0 Å². The highest BCUT2D eigenvalue weighted by molar-refractivity contribution is 5.75. The first kappa shape index (κ1) is 16.8. The molecule has 3 heterocycles. The highest BCUT2D eigenvalue weighted by Gasteiger charge is 2.59. The molecule has 1 aliphatic carbocycles. The lowest BCUT2D eigenvalue weighted by Gasteiger charge is -2.54. The lowest BCUT2D eigenvalue weighted by molar-refractivity contribution is -0.108. The van der Waals surface area contributed by atoms with Gasteiger partial charge in [0.1, 0.15) is 5.82 Å². The van der Waals surface area contributed by atoms with E-state index in [0.717, 1.165) is 44.1 Å². The minimum atomic E-state index is -0.127. The topological polar surface area (TPSA) is 81.1 Å². The van der Waals surface area contributed by atoms with Gasteiger partial charge in [-0.2, -0.15) is 0 Å². The summed E-state index contributed by atoms with van der Waals surface area (Å²) in [6.07, 6.45) is 3.39. The molecule has 0 unspecified atom stereocenters. The van der Waals surface area contributed by atoms with E-state index in [-0.39, 0.29) is 35.6 Å². The number of hydrogen-bond donors (Lipinski definition) is 2. The number of nitrogens with zero attached hydrogens (tertiary/aromatic N) is 3. The molecular formula is C18H29N5O2. The van der Waals surface area contributed by atoms with Gasteiger partial charge in [-0.05, 0) is 18.8 Å². The van der Waals surface area contributed by atoms with Gasteiger partial charge in [-0.3, -0.25) is 0 Å². The zero-order chi connectivity index (χ0) is 17.8. The highest BCUT2D eigenvalue weighted by Crippen LogP contribution is 2.52. The van der Waals surface area contributed by atoms with E-state index < -0.39 is 0 Å². The SMILES string of the molecule is CC(C)[C@H](NC(=O)N[C@@H]1[C@H]2CCO[C@@H]2C1(C)C)c1nnc2n1CCC2. The van der Waals surface area contributed by atoms with E-state index >= 15 is 0 Å². The number of urea groups is 1. The maximum Gasteiger partial charge on any atom is 0.315 e. The Hall–Kier alpha value is -1.63. The van der Waals surface area contributed by atoms with Crippen molar-refractivity contribution in [3.8, 4) is 0 Å². The van der Waals surface area contributed by atoms with Crippen molar-refractivity contribution < 1.29 is 9.53 Å². The van der Waals surface area contributed by atoms with Crippen LogP contribution >= 0.6 is 0 Å². The monoisotopic (exact) mass is 347 g/mol. The van der Waals surface area contributed by atoms with Gasteiger partial charge >= 0.3 is 6.03 Å². The second kappa shape index (κ2) is 5.97. The van der Waals surface area contributed by atoms with E-state index in [2.05, 4.69) is 53.1 Å². The Bertz CT molecular complexity index is 668. The smallest absolute Gasteiger partial charge is 0.315 e. The summed E-state index contributed by atoms with van der Waals surface area (Å²) < 4.78 is 7.98. The van der Waals surface area contributed by atoms with Crippen LogP contribution in [0.25, 0.3) is 0 Å². The number of amides is 2. The predicted octanol–water partition coefficient (Wildman–Crippen LogP) is 2.03. The van der Waals surface area contributed by atoms with Crippen molar-refractivity contribution in [1.29, 1.82) is 0 Å². The number of aromatic nitrogens is 3. The third kappa shape index (κ3) is 2.63. The minimum absolute atomic E-state index is 0.0120. The maximum absolute atomic E-state index is 12.7. The molecule has 3 aliphatic rings. The fourth-order valence-corrected chi connectivity index (χ4v) is 4.87. The summed E-state index contributed by atoms with van der Waals surface area (Å²) in [6, 6.07) is -0.0763. The van der Waals surface area contributed by atoms with Crippen LogP contribution in [0.15, 0.2) is 0 Å². The van der Waals surface area contributed by atoms with E-state index in [1.54, 1.807) is 0 Å². The molecule has 2 fully saturated rings. The molecule has 4 rings (SSSR count). The van der Waals surface area contributed by atoms with Gasteiger partial charge in [0.25, 0.3) is 0 Å². The first-order valence-corrected chi connectivity index (χ1v) is 9.50. The number of hydrogen-bond acceptors (Lipinski definition) is 4. The Labute approximate surface area is 148 Å². The Kier molecular flexibility index (Phi) is 4.02. The number of carbonyl (C=O) groups is 1. The van der Waals surface area contributed by atoms with Crippen LogP contribution in [0.5, 0.6) is 0 Å². The van der Waals surface area contributed by atoms with Crippen LogP contribution in [-0.2, 0) is 17.7 Å². The largest absolute Gasteiger partial charge is 0.377 e. The average molecular weight is 347 g/mol. The zero-order valence-corrected chi connectivity index (χ0v) is 15.6. The van der Waals surface area contributed by atoms with Crippen molar-refractivity contribution in [2.75, 3.05) is 6.61 Å². The van der Waals surface area contributed by atoms with Gasteiger partial charge in [0.15, 0.2) is 5.82 Å². The second-order valence-corrected chi connectivity index (χ2v) is 8.61. The molecule has 7 nitrogen and oxygen atoms in total. The summed E-state index contributed by atoms with van der Waals surface area (Å²) in [5, 5.41) is 15.0. The molecular weight excluding hydrogens is 318 g/mol. The Balaban J connectivity index is 1.45. The van der Waals surface area contributed by atoms with Gasteiger partial charge in [-0.15, -0.1) is 10.2 Å². The highest BCUT2D eigenvalue weighted by atomic mass is 16.5. The summed E-state index contributed by atoms with van der Waals surface area (Å²) >= 11 is 0. The molecule has 2 aliphatic heterocycles. The molecule has 0 bridgehead atoms. The lowest BCUT2D eigenvalue weighted by atomic mass is 9.57. The molecule has 1 aromatic heterocycles. The summed E-state index contributed by atoms with van der Waals surface area (Å²) in [4.78, 5) is 12.7. The fourth-order valence-electron chi connectivity index (χ4n) is 4.87. The average Bonchev–Trinajstić information content (AvgIpc) is 3.25. The van der Waals surface area contributed by atoms with Gasteiger partial charge in [0, 0.05) is 36.9 Å². The molecule has 4 atom stereocenters. The number of aryl methyl sites for hydroxylation is 1. The van der Waals surface area contributed by atoms with Crippen molar-refractivity contribution in [3.63, 3.8) is 0 Å². The molecule has 0 aromatic carbocycles. The summed E-state index contributed by atoms with van der Waals surface area (Å²) in [7, 11) is 0. The van der Waals surface area contributed by atoms with Crippen LogP contribution in [-0.4, -0.2) is 39.5 Å². The molecule has 0 spiro atoms. The molecule has 1 saturated carbocycles. The Morgan fingerprint density at radius 1 is 1.36 bits per heavy atom. The second-order valence-electron chi connectivity index (χ2n) is 8.61. The van der Waals surface area contributed by atoms with E-state index in [1.165, 1.54) is 0 Å². The first-order valence-electron chi connectivity index (χ1n) is 9.50. The molecule has 1 saturated heterocycles.